The highest BCUT2D eigenvalue weighted by Crippen LogP contribution is 2.39. The topological polar surface area (TPSA) is 46.9 Å². The van der Waals surface area contributed by atoms with E-state index in [0.717, 1.165) is 36.9 Å². The van der Waals surface area contributed by atoms with Crippen LogP contribution in [0.2, 0.25) is 0 Å². The van der Waals surface area contributed by atoms with Crippen molar-refractivity contribution in [1.29, 1.82) is 0 Å². The van der Waals surface area contributed by atoms with Crippen molar-refractivity contribution in [2.24, 2.45) is 0 Å². The van der Waals surface area contributed by atoms with Crippen LogP contribution in [0.4, 0.5) is 4.39 Å². The predicted molar refractivity (Wildman–Crippen MR) is 97.6 cm³/mol. The lowest BCUT2D eigenvalue weighted by molar-refractivity contribution is 0.0898. The van der Waals surface area contributed by atoms with Gasteiger partial charge in [-0.1, -0.05) is 25.0 Å². The molecule has 4 rings (SSSR count). The number of rotatable bonds is 4. The minimum absolute atomic E-state index is 0.108. The summed E-state index contributed by atoms with van der Waals surface area (Å²) in [5.74, 6) is -0.370. The van der Waals surface area contributed by atoms with Crippen molar-refractivity contribution in [3.05, 3.63) is 83.9 Å². The Bertz CT molecular complexity index is 880. The number of nitrogens with zero attached hydrogens (tertiary/aromatic N) is 2. The minimum atomic E-state index is -0.411. The van der Waals surface area contributed by atoms with Gasteiger partial charge in [-0.15, -0.1) is 0 Å². The van der Waals surface area contributed by atoms with Crippen LogP contribution in [0, 0.1) is 5.82 Å². The van der Waals surface area contributed by atoms with Crippen molar-refractivity contribution in [3.63, 3.8) is 0 Å². The second-order valence-electron chi connectivity index (χ2n) is 6.75. The van der Waals surface area contributed by atoms with Gasteiger partial charge in [0.15, 0.2) is 0 Å². The first kappa shape index (κ1) is 16.5. The number of halogens is 1. The summed E-state index contributed by atoms with van der Waals surface area (Å²) >= 11 is 0. The van der Waals surface area contributed by atoms with Crippen LogP contribution in [-0.4, -0.2) is 15.7 Å². The van der Waals surface area contributed by atoms with Crippen LogP contribution >= 0.6 is 0 Å². The van der Waals surface area contributed by atoms with Crippen LogP contribution in [0.5, 0.6) is 0 Å². The molecule has 0 spiro atoms. The molecule has 1 fully saturated rings. The summed E-state index contributed by atoms with van der Waals surface area (Å²) < 4.78 is 15.0. The van der Waals surface area contributed by atoms with E-state index in [1.54, 1.807) is 35.1 Å². The van der Waals surface area contributed by atoms with E-state index in [2.05, 4.69) is 10.4 Å². The number of amides is 1. The SMILES string of the molecule is O=C(NC1(c2ccc(F)cc2)CCCC1)c1ccc(-n2cccn2)cc1. The van der Waals surface area contributed by atoms with Gasteiger partial charge in [-0.3, -0.25) is 4.79 Å². The second-order valence-corrected chi connectivity index (χ2v) is 6.75. The Balaban J connectivity index is 1.56. The van der Waals surface area contributed by atoms with E-state index < -0.39 is 5.54 Å². The third kappa shape index (κ3) is 3.12. The van der Waals surface area contributed by atoms with E-state index in [4.69, 9.17) is 0 Å². The molecule has 2 aromatic carbocycles. The molecule has 0 bridgehead atoms. The number of aromatic nitrogens is 2. The fourth-order valence-corrected chi connectivity index (χ4v) is 3.71. The summed E-state index contributed by atoms with van der Waals surface area (Å²) in [4.78, 5) is 12.8. The van der Waals surface area contributed by atoms with E-state index in [9.17, 15) is 9.18 Å². The van der Waals surface area contributed by atoms with Crippen molar-refractivity contribution in [2.45, 2.75) is 31.2 Å². The van der Waals surface area contributed by atoms with Gasteiger partial charge in [0.25, 0.3) is 5.91 Å². The highest BCUT2D eigenvalue weighted by Gasteiger charge is 2.37. The van der Waals surface area contributed by atoms with Crippen LogP contribution in [0.1, 0.15) is 41.6 Å². The fourth-order valence-electron chi connectivity index (χ4n) is 3.71. The summed E-state index contributed by atoms with van der Waals surface area (Å²) in [6.45, 7) is 0. The quantitative estimate of drug-likeness (QED) is 0.767. The summed E-state index contributed by atoms with van der Waals surface area (Å²) in [6.07, 6.45) is 7.42. The number of benzene rings is 2. The lowest BCUT2D eigenvalue weighted by Gasteiger charge is -2.31. The van der Waals surface area contributed by atoms with Crippen molar-refractivity contribution in [2.75, 3.05) is 0 Å². The monoisotopic (exact) mass is 349 g/mol. The molecular weight excluding hydrogens is 329 g/mol. The Labute approximate surface area is 151 Å². The van der Waals surface area contributed by atoms with Gasteiger partial charge in [0.05, 0.1) is 11.2 Å². The van der Waals surface area contributed by atoms with E-state index in [1.165, 1.54) is 12.1 Å². The maximum Gasteiger partial charge on any atom is 0.251 e. The number of carbonyl (C=O) groups excluding carboxylic acids is 1. The maximum atomic E-state index is 13.3. The molecule has 26 heavy (non-hydrogen) atoms. The highest BCUT2D eigenvalue weighted by molar-refractivity contribution is 5.95. The molecule has 1 aromatic heterocycles. The zero-order chi connectivity index (χ0) is 18.0. The smallest absolute Gasteiger partial charge is 0.251 e. The Morgan fingerprint density at radius 2 is 1.73 bits per heavy atom. The van der Waals surface area contributed by atoms with Crippen molar-refractivity contribution >= 4 is 5.91 Å². The van der Waals surface area contributed by atoms with Gasteiger partial charge in [0.2, 0.25) is 0 Å². The number of carbonyl (C=O) groups is 1. The van der Waals surface area contributed by atoms with Crippen LogP contribution < -0.4 is 5.32 Å². The summed E-state index contributed by atoms with van der Waals surface area (Å²) in [5.41, 5.74) is 2.07. The fraction of sp³-hybridized carbons (Fsp3) is 0.238. The molecule has 1 aliphatic rings. The van der Waals surface area contributed by atoms with E-state index in [1.807, 2.05) is 24.4 Å². The number of nitrogens with one attached hydrogen (secondary N) is 1. The van der Waals surface area contributed by atoms with E-state index >= 15 is 0 Å². The molecule has 5 heteroatoms. The Kier molecular flexibility index (Phi) is 4.29. The van der Waals surface area contributed by atoms with Crippen LogP contribution in [0.3, 0.4) is 0 Å². The molecule has 0 aliphatic heterocycles. The molecule has 1 amide bonds. The first-order valence-corrected chi connectivity index (χ1v) is 8.85. The van der Waals surface area contributed by atoms with Crippen LogP contribution in [0.15, 0.2) is 67.0 Å². The van der Waals surface area contributed by atoms with Gasteiger partial charge >= 0.3 is 0 Å². The van der Waals surface area contributed by atoms with Gasteiger partial charge in [-0.25, -0.2) is 9.07 Å². The molecule has 1 heterocycles. The average molecular weight is 349 g/mol. The van der Waals surface area contributed by atoms with Gasteiger partial charge in [0.1, 0.15) is 5.82 Å². The largest absolute Gasteiger partial charge is 0.343 e. The molecular formula is C21H20FN3O. The maximum absolute atomic E-state index is 13.3. The van der Waals surface area contributed by atoms with Crippen molar-refractivity contribution < 1.29 is 9.18 Å². The highest BCUT2D eigenvalue weighted by atomic mass is 19.1. The summed E-state index contributed by atoms with van der Waals surface area (Å²) in [7, 11) is 0. The lowest BCUT2D eigenvalue weighted by atomic mass is 9.87. The Morgan fingerprint density at radius 3 is 2.35 bits per heavy atom. The second kappa shape index (κ2) is 6.75. The molecule has 1 N–H and O–H groups in total. The third-order valence-electron chi connectivity index (χ3n) is 5.11. The molecule has 4 nitrogen and oxygen atoms in total. The van der Waals surface area contributed by atoms with Crippen LogP contribution in [0.25, 0.3) is 5.69 Å². The predicted octanol–water partition coefficient (Wildman–Crippen LogP) is 4.21. The summed E-state index contributed by atoms with van der Waals surface area (Å²) in [5, 5.41) is 7.40. The number of hydrogen-bond donors (Lipinski definition) is 1. The van der Waals surface area contributed by atoms with Gasteiger partial charge in [-0.2, -0.15) is 5.10 Å². The molecule has 1 saturated carbocycles. The van der Waals surface area contributed by atoms with Crippen molar-refractivity contribution in [3.8, 4) is 5.69 Å². The standard InChI is InChI=1S/C21H20FN3O/c22-18-8-6-17(7-9-18)21(12-1-2-13-21)24-20(26)16-4-10-19(11-5-16)25-15-3-14-23-25/h3-11,14-15H,1-2,12-13H2,(H,24,26). The molecule has 132 valence electrons. The van der Waals surface area contributed by atoms with Gasteiger partial charge in [-0.05, 0) is 60.9 Å². The molecule has 0 atom stereocenters. The molecule has 3 aromatic rings. The molecule has 0 unspecified atom stereocenters. The van der Waals surface area contributed by atoms with E-state index in [-0.39, 0.29) is 11.7 Å². The zero-order valence-electron chi connectivity index (χ0n) is 14.4. The zero-order valence-corrected chi connectivity index (χ0v) is 14.4. The Morgan fingerprint density at radius 1 is 1.04 bits per heavy atom. The first-order chi connectivity index (χ1) is 12.7. The molecule has 1 aliphatic carbocycles. The number of hydrogen-bond acceptors (Lipinski definition) is 2. The van der Waals surface area contributed by atoms with Gasteiger partial charge < -0.3 is 5.32 Å². The lowest BCUT2D eigenvalue weighted by Crippen LogP contribution is -2.43. The van der Waals surface area contributed by atoms with Crippen LogP contribution in [-0.2, 0) is 5.54 Å². The van der Waals surface area contributed by atoms with E-state index in [0.29, 0.717) is 5.56 Å². The molecule has 0 radical (unpaired) electrons. The molecule has 0 saturated heterocycles. The van der Waals surface area contributed by atoms with Gasteiger partial charge in [0, 0.05) is 18.0 Å². The third-order valence-corrected chi connectivity index (χ3v) is 5.11. The average Bonchev–Trinajstić information content (AvgIpc) is 3.35. The first-order valence-electron chi connectivity index (χ1n) is 8.85. The van der Waals surface area contributed by atoms with Crippen molar-refractivity contribution in [1.82, 2.24) is 15.1 Å². The summed E-state index contributed by atoms with van der Waals surface area (Å²) in [6, 6.07) is 15.7. The minimum Gasteiger partial charge on any atom is -0.343 e. The Hall–Kier alpha value is -2.95. The normalized spacial score (nSPS) is 15.7.